The molecule has 0 aliphatic rings. The van der Waals surface area contributed by atoms with E-state index < -0.39 is 0 Å². The summed E-state index contributed by atoms with van der Waals surface area (Å²) in [6, 6.07) is 27.8. The zero-order valence-electron chi connectivity index (χ0n) is 15.3. The van der Waals surface area contributed by atoms with Crippen LogP contribution in [-0.4, -0.2) is 14.0 Å². The quantitative estimate of drug-likeness (QED) is 0.415. The van der Waals surface area contributed by atoms with Gasteiger partial charge in [-0.2, -0.15) is 0 Å². The largest absolute Gasteiger partial charge is 0.305 e. The lowest BCUT2D eigenvalue weighted by Crippen LogP contribution is -2.02. The second-order valence-electron chi connectivity index (χ2n) is 6.91. The summed E-state index contributed by atoms with van der Waals surface area (Å²) in [5.74, 6) is 0.981. The molecule has 0 amide bonds. The van der Waals surface area contributed by atoms with E-state index in [9.17, 15) is 0 Å². The Morgan fingerprint density at radius 2 is 1.52 bits per heavy atom. The molecule has 0 aliphatic carbocycles. The van der Waals surface area contributed by atoms with E-state index in [1.54, 1.807) is 0 Å². The molecule has 0 saturated carbocycles. The molecule has 0 aliphatic heterocycles. The van der Waals surface area contributed by atoms with Gasteiger partial charge in [0.15, 0.2) is 0 Å². The van der Waals surface area contributed by atoms with E-state index in [0.29, 0.717) is 0 Å². The fraction of sp³-hybridized carbons (Fsp3) is 0.125. The Kier molecular flexibility index (Phi) is 3.79. The van der Waals surface area contributed by atoms with E-state index >= 15 is 0 Å². The number of imidazole rings is 2. The van der Waals surface area contributed by atoms with Gasteiger partial charge >= 0.3 is 0 Å². The van der Waals surface area contributed by atoms with Crippen LogP contribution < -0.4 is 0 Å². The first kappa shape index (κ1) is 15.9. The second kappa shape index (κ2) is 6.44. The average Bonchev–Trinajstić information content (AvgIpc) is 3.26. The zero-order valence-corrected chi connectivity index (χ0v) is 15.3. The lowest BCUT2D eigenvalue weighted by atomic mass is 10.1. The van der Waals surface area contributed by atoms with E-state index in [1.165, 1.54) is 22.4 Å². The molecular weight excluding hydrogens is 330 g/mol. The summed E-state index contributed by atoms with van der Waals surface area (Å²) in [5.41, 5.74) is 7.21. The first-order chi connectivity index (χ1) is 13.3. The van der Waals surface area contributed by atoms with Crippen LogP contribution in [-0.2, 0) is 13.0 Å². The number of aromatic nitrogens is 3. The summed E-state index contributed by atoms with van der Waals surface area (Å²) in [7, 11) is 0. The Hall–Kier alpha value is -3.33. The van der Waals surface area contributed by atoms with Crippen LogP contribution in [0.5, 0.6) is 0 Å². The van der Waals surface area contributed by atoms with Crippen LogP contribution in [0.25, 0.3) is 28.1 Å². The number of aryl methyl sites for hydroxylation is 1. The number of fused-ring (bicyclic) bond motifs is 3. The summed E-state index contributed by atoms with van der Waals surface area (Å²) in [6.07, 6.45) is 3.27. The molecule has 27 heavy (non-hydrogen) atoms. The van der Waals surface area contributed by atoms with Gasteiger partial charge in [0.2, 0.25) is 5.78 Å². The lowest BCUT2D eigenvalue weighted by Gasteiger charge is -2.10. The Bertz CT molecular complexity index is 1210. The van der Waals surface area contributed by atoms with Gasteiger partial charge in [-0.1, -0.05) is 73.7 Å². The van der Waals surface area contributed by atoms with Crippen LogP contribution in [0.4, 0.5) is 0 Å². The van der Waals surface area contributed by atoms with Crippen LogP contribution in [0, 0.1) is 0 Å². The smallest absolute Gasteiger partial charge is 0.215 e. The predicted molar refractivity (Wildman–Crippen MR) is 111 cm³/mol. The minimum Gasteiger partial charge on any atom is -0.305 e. The third kappa shape index (κ3) is 2.72. The van der Waals surface area contributed by atoms with Crippen molar-refractivity contribution in [1.82, 2.24) is 14.0 Å². The van der Waals surface area contributed by atoms with Crippen molar-refractivity contribution in [2.75, 3.05) is 0 Å². The second-order valence-corrected chi connectivity index (χ2v) is 6.91. The van der Waals surface area contributed by atoms with Gasteiger partial charge in [0.25, 0.3) is 0 Å². The number of rotatable bonds is 4. The first-order valence-corrected chi connectivity index (χ1v) is 9.43. The highest BCUT2D eigenvalue weighted by Gasteiger charge is 2.15. The molecule has 0 spiro atoms. The summed E-state index contributed by atoms with van der Waals surface area (Å²) in [6.45, 7) is 2.98. The molecule has 0 bridgehead atoms. The minimum absolute atomic E-state index is 0.797. The van der Waals surface area contributed by atoms with E-state index in [2.05, 4.69) is 94.9 Å². The maximum Gasteiger partial charge on any atom is 0.215 e. The Labute approximate surface area is 158 Å². The molecule has 0 N–H and O–H groups in total. The molecular formula is C24H21N3. The maximum absolute atomic E-state index is 4.92. The molecule has 3 heteroatoms. The fourth-order valence-electron chi connectivity index (χ4n) is 3.71. The molecule has 2 aromatic heterocycles. The van der Waals surface area contributed by atoms with E-state index in [4.69, 9.17) is 4.98 Å². The highest BCUT2D eigenvalue weighted by atomic mass is 15.2. The standard InChI is InChI=1S/C24H21N3/c1-2-18-12-14-20(15-13-18)23-17-27-22-11-7-6-10-21(22)25-24(27)26(23)16-19-8-4-3-5-9-19/h3-15,17H,2,16H2,1H3. The van der Waals surface area contributed by atoms with Gasteiger partial charge in [-0.3, -0.25) is 4.40 Å². The molecule has 0 saturated heterocycles. The molecule has 5 rings (SSSR count). The van der Waals surface area contributed by atoms with Crippen LogP contribution in [0.15, 0.2) is 85.1 Å². The van der Waals surface area contributed by atoms with Crippen molar-refractivity contribution in [2.45, 2.75) is 19.9 Å². The van der Waals surface area contributed by atoms with Gasteiger partial charge in [0, 0.05) is 6.20 Å². The van der Waals surface area contributed by atoms with Gasteiger partial charge in [-0.05, 0) is 35.2 Å². The van der Waals surface area contributed by atoms with Crippen molar-refractivity contribution in [3.63, 3.8) is 0 Å². The summed E-state index contributed by atoms with van der Waals surface area (Å²) < 4.78 is 4.53. The van der Waals surface area contributed by atoms with Gasteiger partial charge in [0.1, 0.15) is 0 Å². The maximum atomic E-state index is 4.92. The summed E-state index contributed by atoms with van der Waals surface area (Å²) >= 11 is 0. The van der Waals surface area contributed by atoms with Crippen molar-refractivity contribution < 1.29 is 0 Å². The van der Waals surface area contributed by atoms with Crippen LogP contribution >= 0.6 is 0 Å². The number of para-hydroxylation sites is 2. The third-order valence-electron chi connectivity index (χ3n) is 5.20. The van der Waals surface area contributed by atoms with Crippen molar-refractivity contribution in [2.24, 2.45) is 0 Å². The van der Waals surface area contributed by atoms with Gasteiger partial charge < -0.3 is 4.57 Å². The first-order valence-electron chi connectivity index (χ1n) is 9.43. The number of nitrogens with zero attached hydrogens (tertiary/aromatic N) is 3. The molecule has 0 radical (unpaired) electrons. The predicted octanol–water partition coefficient (Wildman–Crippen LogP) is 5.57. The fourth-order valence-corrected chi connectivity index (χ4v) is 3.71. The highest BCUT2D eigenvalue weighted by molar-refractivity contribution is 5.81. The summed E-state index contributed by atoms with van der Waals surface area (Å²) in [5, 5.41) is 0. The number of hydrogen-bond acceptors (Lipinski definition) is 1. The molecule has 5 aromatic rings. The zero-order chi connectivity index (χ0) is 18.2. The highest BCUT2D eigenvalue weighted by Crippen LogP contribution is 2.28. The van der Waals surface area contributed by atoms with Crippen molar-refractivity contribution in [3.8, 4) is 11.3 Å². The van der Waals surface area contributed by atoms with Gasteiger partial charge in [-0.15, -0.1) is 0 Å². The van der Waals surface area contributed by atoms with E-state index in [1.807, 2.05) is 6.07 Å². The van der Waals surface area contributed by atoms with Crippen molar-refractivity contribution >= 4 is 16.8 Å². The molecule has 2 heterocycles. The molecule has 3 aromatic carbocycles. The Morgan fingerprint density at radius 3 is 2.30 bits per heavy atom. The molecule has 0 fully saturated rings. The van der Waals surface area contributed by atoms with Gasteiger partial charge in [0.05, 0.1) is 23.3 Å². The molecule has 0 unspecified atom stereocenters. The molecule has 0 atom stereocenters. The SMILES string of the molecule is CCc1ccc(-c2cn3c4ccccc4nc3n2Cc2ccccc2)cc1. The molecule has 3 nitrogen and oxygen atoms in total. The number of benzene rings is 3. The lowest BCUT2D eigenvalue weighted by molar-refractivity contribution is 0.827. The Balaban J connectivity index is 1.73. The van der Waals surface area contributed by atoms with Crippen molar-refractivity contribution in [1.29, 1.82) is 0 Å². The van der Waals surface area contributed by atoms with Gasteiger partial charge in [-0.25, -0.2) is 4.98 Å². The van der Waals surface area contributed by atoms with Crippen molar-refractivity contribution in [3.05, 3.63) is 96.2 Å². The molecule has 132 valence electrons. The van der Waals surface area contributed by atoms with Crippen LogP contribution in [0.2, 0.25) is 0 Å². The summed E-state index contributed by atoms with van der Waals surface area (Å²) in [4.78, 5) is 4.92. The average molecular weight is 351 g/mol. The number of hydrogen-bond donors (Lipinski definition) is 0. The normalized spacial score (nSPS) is 11.4. The van der Waals surface area contributed by atoms with Crippen LogP contribution in [0.3, 0.4) is 0 Å². The van der Waals surface area contributed by atoms with E-state index in [-0.39, 0.29) is 0 Å². The van der Waals surface area contributed by atoms with E-state index in [0.717, 1.165) is 29.8 Å². The minimum atomic E-state index is 0.797. The topological polar surface area (TPSA) is 22.2 Å². The monoisotopic (exact) mass is 351 g/mol. The van der Waals surface area contributed by atoms with Crippen LogP contribution in [0.1, 0.15) is 18.1 Å². The third-order valence-corrected chi connectivity index (χ3v) is 5.20. The Morgan fingerprint density at radius 1 is 0.778 bits per heavy atom.